The van der Waals surface area contributed by atoms with Crippen LogP contribution in [0.3, 0.4) is 0 Å². The van der Waals surface area contributed by atoms with E-state index in [0.717, 1.165) is 5.39 Å². The van der Waals surface area contributed by atoms with E-state index < -0.39 is 0 Å². The molecule has 2 heterocycles. The van der Waals surface area contributed by atoms with Crippen LogP contribution in [0.1, 0.15) is 6.92 Å². The number of nitrogens with zero attached hydrogens (tertiary/aromatic N) is 2. The molecule has 2 rings (SSSR count). The summed E-state index contributed by atoms with van der Waals surface area (Å²) in [5.74, 6) is 0.578. The number of pyridine rings is 2. The minimum absolute atomic E-state index is 0.443. The summed E-state index contributed by atoms with van der Waals surface area (Å²) < 4.78 is 5.26. The van der Waals surface area contributed by atoms with Gasteiger partial charge in [-0.25, -0.2) is 4.98 Å². The predicted molar refractivity (Wildman–Crippen MR) is 55.7 cm³/mol. The Morgan fingerprint density at radius 2 is 2.00 bits per heavy atom. The zero-order valence-electron chi connectivity index (χ0n) is 7.70. The molecule has 2 aromatic rings. The van der Waals surface area contributed by atoms with E-state index in [2.05, 4.69) is 9.97 Å². The van der Waals surface area contributed by atoms with Gasteiger partial charge >= 0.3 is 0 Å². The number of fused-ring (bicyclic) bond motifs is 1. The van der Waals surface area contributed by atoms with Gasteiger partial charge in [0.05, 0.1) is 6.61 Å². The quantitative estimate of drug-likeness (QED) is 0.712. The second kappa shape index (κ2) is 3.80. The maximum atomic E-state index is 5.76. The first-order valence-electron chi connectivity index (χ1n) is 4.35. The van der Waals surface area contributed by atoms with Gasteiger partial charge in [0.2, 0.25) is 5.88 Å². The smallest absolute Gasteiger partial charge is 0.215 e. The zero-order chi connectivity index (χ0) is 9.97. The van der Waals surface area contributed by atoms with Crippen LogP contribution in [0, 0.1) is 0 Å². The molecule has 0 spiro atoms. The lowest BCUT2D eigenvalue weighted by atomic mass is 10.3. The van der Waals surface area contributed by atoms with Gasteiger partial charge in [-0.15, -0.1) is 0 Å². The first-order chi connectivity index (χ1) is 6.79. The lowest BCUT2D eigenvalue weighted by molar-refractivity contribution is 0.328. The lowest BCUT2D eigenvalue weighted by Gasteiger charge is -2.02. The summed E-state index contributed by atoms with van der Waals surface area (Å²) in [7, 11) is 0. The van der Waals surface area contributed by atoms with Crippen molar-refractivity contribution in [3.63, 3.8) is 0 Å². The van der Waals surface area contributed by atoms with Crippen molar-refractivity contribution in [3.8, 4) is 5.88 Å². The Hall–Kier alpha value is -1.35. The highest BCUT2D eigenvalue weighted by molar-refractivity contribution is 6.29. The predicted octanol–water partition coefficient (Wildman–Crippen LogP) is 2.68. The van der Waals surface area contributed by atoms with Crippen LogP contribution in [-0.2, 0) is 0 Å². The van der Waals surface area contributed by atoms with E-state index in [-0.39, 0.29) is 0 Å². The van der Waals surface area contributed by atoms with Gasteiger partial charge in [0.25, 0.3) is 0 Å². The number of rotatable bonds is 2. The molecule has 0 amide bonds. The topological polar surface area (TPSA) is 35.0 Å². The monoisotopic (exact) mass is 208 g/mol. The molecule has 0 aliphatic rings. The molecule has 0 unspecified atom stereocenters. The van der Waals surface area contributed by atoms with Crippen molar-refractivity contribution in [1.29, 1.82) is 0 Å². The van der Waals surface area contributed by atoms with Gasteiger partial charge in [0, 0.05) is 11.5 Å². The molecule has 72 valence electrons. The Kier molecular flexibility index (Phi) is 2.50. The van der Waals surface area contributed by atoms with E-state index >= 15 is 0 Å². The van der Waals surface area contributed by atoms with Crippen molar-refractivity contribution in [3.05, 3.63) is 29.4 Å². The lowest BCUT2D eigenvalue weighted by Crippen LogP contribution is -1.95. The summed E-state index contributed by atoms with van der Waals surface area (Å²) in [5, 5.41) is 1.40. The molecule has 0 aromatic carbocycles. The van der Waals surface area contributed by atoms with Crippen LogP contribution in [0.4, 0.5) is 0 Å². The average molecular weight is 209 g/mol. The van der Waals surface area contributed by atoms with E-state index in [1.165, 1.54) is 0 Å². The molecule has 0 fully saturated rings. The van der Waals surface area contributed by atoms with Crippen molar-refractivity contribution in [1.82, 2.24) is 9.97 Å². The van der Waals surface area contributed by atoms with E-state index in [0.29, 0.717) is 23.3 Å². The fourth-order valence-corrected chi connectivity index (χ4v) is 1.33. The molecule has 14 heavy (non-hydrogen) atoms. The highest BCUT2D eigenvalue weighted by Crippen LogP contribution is 2.16. The van der Waals surface area contributed by atoms with Crippen LogP contribution in [0.2, 0.25) is 5.15 Å². The first kappa shape index (κ1) is 9.21. The number of ether oxygens (including phenoxy) is 1. The highest BCUT2D eigenvalue weighted by Gasteiger charge is 2.00. The fraction of sp³-hybridized carbons (Fsp3) is 0.200. The summed E-state index contributed by atoms with van der Waals surface area (Å²) in [6.45, 7) is 2.51. The average Bonchev–Trinajstić information content (AvgIpc) is 2.17. The molecule has 2 aromatic heterocycles. The van der Waals surface area contributed by atoms with Gasteiger partial charge < -0.3 is 4.74 Å². The van der Waals surface area contributed by atoms with Crippen molar-refractivity contribution >= 4 is 22.6 Å². The van der Waals surface area contributed by atoms with Gasteiger partial charge in [-0.3, -0.25) is 0 Å². The molecule has 0 bridgehead atoms. The molecule has 0 N–H and O–H groups in total. The number of aromatic nitrogens is 2. The van der Waals surface area contributed by atoms with Gasteiger partial charge in [-0.1, -0.05) is 11.6 Å². The third kappa shape index (κ3) is 1.77. The van der Waals surface area contributed by atoms with E-state index in [1.54, 1.807) is 6.07 Å². The van der Waals surface area contributed by atoms with Gasteiger partial charge in [0.15, 0.2) is 5.65 Å². The van der Waals surface area contributed by atoms with Gasteiger partial charge in [-0.2, -0.15) is 4.98 Å². The number of hydrogen-bond donors (Lipinski definition) is 0. The Bertz CT molecular complexity index is 459. The van der Waals surface area contributed by atoms with Crippen molar-refractivity contribution < 1.29 is 4.74 Å². The zero-order valence-corrected chi connectivity index (χ0v) is 8.45. The largest absolute Gasteiger partial charge is 0.478 e. The Labute approximate surface area is 86.7 Å². The van der Waals surface area contributed by atoms with Gasteiger partial charge in [-0.05, 0) is 25.1 Å². The highest BCUT2D eigenvalue weighted by atomic mass is 35.5. The SMILES string of the molecule is CCOc1ccc2ccc(Cl)nc2n1. The Morgan fingerprint density at radius 3 is 2.79 bits per heavy atom. The molecule has 0 saturated heterocycles. The minimum atomic E-state index is 0.443. The molecule has 3 nitrogen and oxygen atoms in total. The first-order valence-corrected chi connectivity index (χ1v) is 4.73. The molecule has 0 aliphatic heterocycles. The van der Waals surface area contributed by atoms with E-state index in [4.69, 9.17) is 16.3 Å². The van der Waals surface area contributed by atoms with Crippen LogP contribution in [-0.4, -0.2) is 16.6 Å². The van der Waals surface area contributed by atoms with E-state index in [9.17, 15) is 0 Å². The van der Waals surface area contributed by atoms with Crippen LogP contribution in [0.15, 0.2) is 24.3 Å². The molecule has 0 saturated carbocycles. The third-order valence-electron chi connectivity index (χ3n) is 1.79. The maximum absolute atomic E-state index is 5.76. The molecule has 4 heteroatoms. The summed E-state index contributed by atoms with van der Waals surface area (Å²) >= 11 is 5.76. The molecule has 0 aliphatic carbocycles. The van der Waals surface area contributed by atoms with E-state index in [1.807, 2.05) is 25.1 Å². The van der Waals surface area contributed by atoms with Crippen LogP contribution in [0.25, 0.3) is 11.0 Å². The van der Waals surface area contributed by atoms with Crippen molar-refractivity contribution in [2.24, 2.45) is 0 Å². The summed E-state index contributed by atoms with van der Waals surface area (Å²) in [4.78, 5) is 8.30. The maximum Gasteiger partial charge on any atom is 0.215 e. The van der Waals surface area contributed by atoms with Crippen molar-refractivity contribution in [2.75, 3.05) is 6.61 Å². The normalized spacial score (nSPS) is 10.4. The number of hydrogen-bond acceptors (Lipinski definition) is 3. The second-order valence-electron chi connectivity index (χ2n) is 2.76. The van der Waals surface area contributed by atoms with Crippen LogP contribution < -0.4 is 4.74 Å². The second-order valence-corrected chi connectivity index (χ2v) is 3.15. The van der Waals surface area contributed by atoms with Gasteiger partial charge in [0.1, 0.15) is 5.15 Å². The van der Waals surface area contributed by atoms with Crippen LogP contribution in [0.5, 0.6) is 5.88 Å². The summed E-state index contributed by atoms with van der Waals surface area (Å²) in [5.41, 5.74) is 0.614. The Morgan fingerprint density at radius 1 is 1.21 bits per heavy atom. The molecule has 0 atom stereocenters. The summed E-state index contributed by atoms with van der Waals surface area (Å²) in [6, 6.07) is 7.36. The standard InChI is InChI=1S/C10H9ClN2O/c1-2-14-9-6-4-7-3-5-8(11)12-10(7)13-9/h3-6H,2H2,1H3. The van der Waals surface area contributed by atoms with Crippen molar-refractivity contribution in [2.45, 2.75) is 6.92 Å². The molecular weight excluding hydrogens is 200 g/mol. The molecule has 0 radical (unpaired) electrons. The minimum Gasteiger partial charge on any atom is -0.478 e. The number of halogens is 1. The fourth-order valence-electron chi connectivity index (χ4n) is 1.19. The third-order valence-corrected chi connectivity index (χ3v) is 2.00. The van der Waals surface area contributed by atoms with Crippen LogP contribution >= 0.6 is 11.6 Å². The Balaban J connectivity index is 2.52. The molecular formula is C10H9ClN2O. The summed E-state index contributed by atoms with van der Waals surface area (Å²) in [6.07, 6.45) is 0.